The van der Waals surface area contributed by atoms with Crippen LogP contribution in [0.3, 0.4) is 0 Å². The highest BCUT2D eigenvalue weighted by atomic mass is 32.1. The minimum atomic E-state index is -0.246. The summed E-state index contributed by atoms with van der Waals surface area (Å²) in [6.45, 7) is 2.48. The Bertz CT molecular complexity index is 868. The molecule has 2 aromatic heterocycles. The van der Waals surface area contributed by atoms with Gasteiger partial charge >= 0.3 is 0 Å². The summed E-state index contributed by atoms with van der Waals surface area (Å²) >= 11 is 6.77. The van der Waals surface area contributed by atoms with E-state index in [1.54, 1.807) is 18.4 Å². The van der Waals surface area contributed by atoms with E-state index in [0.29, 0.717) is 32.9 Å². The van der Waals surface area contributed by atoms with Gasteiger partial charge in [0, 0.05) is 6.04 Å². The maximum absolute atomic E-state index is 12.6. The molecule has 3 heterocycles. The average molecular weight is 377 g/mol. The molecule has 0 bridgehead atoms. The first-order chi connectivity index (χ1) is 12.0. The molecular weight excluding hydrogens is 358 g/mol. The molecule has 1 aliphatic heterocycles. The molecule has 1 saturated carbocycles. The van der Waals surface area contributed by atoms with Crippen LogP contribution in [0.25, 0.3) is 0 Å². The first-order valence-corrected chi connectivity index (χ1v) is 9.64. The fourth-order valence-electron chi connectivity index (χ4n) is 3.78. The first-order valence-electron chi connectivity index (χ1n) is 8.41. The van der Waals surface area contributed by atoms with Crippen LogP contribution in [-0.4, -0.2) is 16.4 Å². The summed E-state index contributed by atoms with van der Waals surface area (Å²) in [5.41, 5.74) is 0. The molecule has 3 atom stereocenters. The Labute approximate surface area is 154 Å². The van der Waals surface area contributed by atoms with Gasteiger partial charge in [-0.3, -0.25) is 9.59 Å². The zero-order valence-electron chi connectivity index (χ0n) is 13.8. The zero-order valence-corrected chi connectivity index (χ0v) is 15.4. The molecule has 0 saturated heterocycles. The Morgan fingerprint density at radius 3 is 3.12 bits per heavy atom. The van der Waals surface area contributed by atoms with Crippen molar-refractivity contribution in [1.82, 2.24) is 9.88 Å². The van der Waals surface area contributed by atoms with Crippen LogP contribution in [-0.2, 0) is 11.3 Å². The van der Waals surface area contributed by atoms with Crippen LogP contribution in [0.2, 0.25) is 0 Å². The second-order valence-electron chi connectivity index (χ2n) is 6.76. The molecule has 1 aliphatic carbocycles. The van der Waals surface area contributed by atoms with Gasteiger partial charge in [-0.1, -0.05) is 18.3 Å². The average Bonchev–Trinajstić information content (AvgIpc) is 3.21. The van der Waals surface area contributed by atoms with Gasteiger partial charge in [-0.15, -0.1) is 0 Å². The third kappa shape index (κ3) is 2.93. The molecule has 132 valence electrons. The number of nitrogens with one attached hydrogen (secondary N) is 2. The smallest absolute Gasteiger partial charge is 0.265 e. The van der Waals surface area contributed by atoms with Crippen LogP contribution in [0.1, 0.15) is 47.7 Å². The number of hydrogen-bond acceptors (Lipinski definition) is 5. The molecule has 1 fully saturated rings. The van der Waals surface area contributed by atoms with Gasteiger partial charge in [0.05, 0.1) is 18.7 Å². The van der Waals surface area contributed by atoms with Crippen LogP contribution in [0.15, 0.2) is 22.8 Å². The van der Waals surface area contributed by atoms with Crippen LogP contribution in [0.5, 0.6) is 0 Å². The van der Waals surface area contributed by atoms with E-state index in [4.69, 9.17) is 16.6 Å². The Morgan fingerprint density at radius 1 is 1.52 bits per heavy atom. The lowest BCUT2D eigenvalue weighted by Gasteiger charge is -2.39. The molecule has 25 heavy (non-hydrogen) atoms. The minimum absolute atomic E-state index is 0.00411. The summed E-state index contributed by atoms with van der Waals surface area (Å²) in [5.74, 6) is 1.46. The lowest BCUT2D eigenvalue weighted by Crippen LogP contribution is -2.41. The summed E-state index contributed by atoms with van der Waals surface area (Å²) < 4.78 is 7.86. The number of amides is 2. The van der Waals surface area contributed by atoms with E-state index >= 15 is 0 Å². The van der Waals surface area contributed by atoms with Crippen molar-refractivity contribution < 1.29 is 14.0 Å². The number of nitrogens with zero attached hydrogens (tertiary/aromatic N) is 1. The van der Waals surface area contributed by atoms with Gasteiger partial charge in [-0.25, -0.2) is 0 Å². The van der Waals surface area contributed by atoms with Gasteiger partial charge in [0.15, 0.2) is 3.95 Å². The molecule has 0 spiro atoms. The molecule has 2 amide bonds. The Kier molecular flexibility index (Phi) is 4.24. The monoisotopic (exact) mass is 377 g/mol. The van der Waals surface area contributed by atoms with E-state index in [-0.39, 0.29) is 23.8 Å². The lowest BCUT2D eigenvalue weighted by atomic mass is 9.77. The van der Waals surface area contributed by atoms with Gasteiger partial charge in [0.25, 0.3) is 5.91 Å². The highest BCUT2D eigenvalue weighted by Crippen LogP contribution is 2.44. The topological polar surface area (TPSA) is 76.3 Å². The summed E-state index contributed by atoms with van der Waals surface area (Å²) in [4.78, 5) is 25.6. The van der Waals surface area contributed by atoms with Gasteiger partial charge in [-0.2, -0.15) is 0 Å². The van der Waals surface area contributed by atoms with Crippen molar-refractivity contribution in [2.75, 3.05) is 5.32 Å². The number of anilines is 1. The number of rotatable bonds is 3. The van der Waals surface area contributed by atoms with Gasteiger partial charge in [-0.05, 0) is 49.5 Å². The molecule has 0 aromatic carbocycles. The predicted octanol–water partition coefficient (Wildman–Crippen LogP) is 3.73. The largest absolute Gasteiger partial charge is 0.467 e. The maximum atomic E-state index is 12.6. The van der Waals surface area contributed by atoms with E-state index in [1.807, 2.05) is 4.57 Å². The number of aromatic nitrogens is 1. The van der Waals surface area contributed by atoms with Crippen LogP contribution >= 0.6 is 23.6 Å². The molecular formula is C17H19N3O3S2. The number of furan rings is 1. The van der Waals surface area contributed by atoms with Crippen molar-refractivity contribution in [3.05, 3.63) is 33.0 Å². The van der Waals surface area contributed by atoms with Gasteiger partial charge in [0.1, 0.15) is 16.5 Å². The molecule has 2 aliphatic rings. The summed E-state index contributed by atoms with van der Waals surface area (Å²) in [5, 5.41) is 5.75. The highest BCUT2D eigenvalue weighted by molar-refractivity contribution is 7.73. The number of hydrogen-bond donors (Lipinski definition) is 2. The molecule has 8 heteroatoms. The van der Waals surface area contributed by atoms with Crippen molar-refractivity contribution in [2.24, 2.45) is 11.8 Å². The van der Waals surface area contributed by atoms with Crippen molar-refractivity contribution in [3.63, 3.8) is 0 Å². The van der Waals surface area contributed by atoms with E-state index in [9.17, 15) is 9.59 Å². The first kappa shape index (κ1) is 16.5. The second-order valence-corrected chi connectivity index (χ2v) is 8.40. The Balaban J connectivity index is 1.62. The maximum Gasteiger partial charge on any atom is 0.265 e. The fourth-order valence-corrected chi connectivity index (χ4v) is 5.17. The molecule has 6 nitrogen and oxygen atoms in total. The molecule has 2 aromatic rings. The number of carbonyl (C=O) groups is 2. The summed E-state index contributed by atoms with van der Waals surface area (Å²) in [6.07, 6.45) is 4.43. The zero-order chi connectivity index (χ0) is 17.6. The highest BCUT2D eigenvalue weighted by Gasteiger charge is 2.41. The lowest BCUT2D eigenvalue weighted by molar-refractivity contribution is -0.123. The summed E-state index contributed by atoms with van der Waals surface area (Å²) in [7, 11) is 0. The van der Waals surface area contributed by atoms with E-state index in [2.05, 4.69) is 17.6 Å². The SMILES string of the molecule is CC1CCC2C(C1)C(=O)Nc1c(C(=O)NCc3ccco3)sc(=S)n12. The van der Waals surface area contributed by atoms with E-state index in [0.717, 1.165) is 19.3 Å². The second kappa shape index (κ2) is 6.42. The summed E-state index contributed by atoms with van der Waals surface area (Å²) in [6, 6.07) is 3.64. The fraction of sp³-hybridized carbons (Fsp3) is 0.471. The normalized spacial score (nSPS) is 25.0. The number of thiazole rings is 1. The van der Waals surface area contributed by atoms with E-state index < -0.39 is 0 Å². The molecule has 3 unspecified atom stereocenters. The van der Waals surface area contributed by atoms with Crippen LogP contribution < -0.4 is 10.6 Å². The predicted molar refractivity (Wildman–Crippen MR) is 97.2 cm³/mol. The molecule has 4 rings (SSSR count). The van der Waals surface area contributed by atoms with Crippen LogP contribution in [0, 0.1) is 15.8 Å². The number of carbonyl (C=O) groups excluding carboxylic acids is 2. The van der Waals surface area contributed by atoms with Crippen LogP contribution in [0.4, 0.5) is 5.82 Å². The van der Waals surface area contributed by atoms with Crippen molar-refractivity contribution in [3.8, 4) is 0 Å². The van der Waals surface area contributed by atoms with Crippen molar-refractivity contribution in [2.45, 2.75) is 38.8 Å². The minimum Gasteiger partial charge on any atom is -0.467 e. The third-order valence-electron chi connectivity index (χ3n) is 5.04. The van der Waals surface area contributed by atoms with Crippen molar-refractivity contribution in [1.29, 1.82) is 0 Å². The van der Waals surface area contributed by atoms with Crippen molar-refractivity contribution >= 4 is 41.2 Å². The molecule has 0 radical (unpaired) electrons. The standard InChI is InChI=1S/C17H19N3O3S2/c1-9-4-5-12-11(7-9)15(21)19-14-13(25-17(24)20(12)14)16(22)18-8-10-3-2-6-23-10/h2-3,6,9,11-12H,4-5,7-8H2,1H3,(H,18,22)(H,19,21). The Morgan fingerprint density at radius 2 is 2.36 bits per heavy atom. The van der Waals surface area contributed by atoms with E-state index in [1.165, 1.54) is 11.3 Å². The quantitative estimate of drug-likeness (QED) is 0.799. The third-order valence-corrected chi connectivity index (χ3v) is 6.44. The van der Waals surface area contributed by atoms with Gasteiger partial charge < -0.3 is 19.6 Å². The molecule has 2 N–H and O–H groups in total. The van der Waals surface area contributed by atoms with Gasteiger partial charge in [0.2, 0.25) is 5.91 Å². The number of fused-ring (bicyclic) bond motifs is 3. The Hall–Kier alpha value is -1.93.